The van der Waals surface area contributed by atoms with E-state index in [1.807, 2.05) is 18.2 Å². The monoisotopic (exact) mass is 350 g/mol. The Balaban J connectivity index is 2.29. The molecule has 0 radical (unpaired) electrons. The topological polar surface area (TPSA) is 58.1 Å². The van der Waals surface area contributed by atoms with E-state index in [1.54, 1.807) is 21.3 Å². The molecule has 0 aliphatic carbocycles. The highest BCUT2D eigenvalue weighted by Crippen LogP contribution is 2.29. The van der Waals surface area contributed by atoms with E-state index >= 15 is 0 Å². The Hall–Kier alpha value is -1.95. The fourth-order valence-electron chi connectivity index (χ4n) is 2.52. The number of anilines is 1. The van der Waals surface area contributed by atoms with Gasteiger partial charge in [0.25, 0.3) is 0 Å². The molecule has 0 atom stereocenters. The zero-order chi connectivity index (χ0) is 18.5. The van der Waals surface area contributed by atoms with Crippen molar-refractivity contribution in [3.8, 4) is 11.5 Å². The number of hydrogen-bond donors (Lipinski definition) is 2. The van der Waals surface area contributed by atoms with E-state index in [4.69, 9.17) is 9.47 Å². The largest absolute Gasteiger partial charge is 0.493 e. The molecule has 25 heavy (non-hydrogen) atoms. The van der Waals surface area contributed by atoms with Gasteiger partial charge in [-0.3, -0.25) is 4.99 Å². The van der Waals surface area contributed by atoms with Crippen molar-refractivity contribution in [2.24, 2.45) is 4.99 Å². The summed E-state index contributed by atoms with van der Waals surface area (Å²) in [6.45, 7) is 2.10. The van der Waals surface area contributed by atoms with E-state index in [9.17, 15) is 0 Å². The van der Waals surface area contributed by atoms with Crippen LogP contribution in [0.1, 0.15) is 32.1 Å². The fraction of sp³-hybridized carbons (Fsp3) is 0.632. The molecule has 6 heteroatoms. The number of guanidine groups is 1. The summed E-state index contributed by atoms with van der Waals surface area (Å²) >= 11 is 0. The lowest BCUT2D eigenvalue weighted by atomic mass is 10.1. The average molecular weight is 351 g/mol. The second kappa shape index (κ2) is 12.4. The molecule has 0 saturated carbocycles. The van der Waals surface area contributed by atoms with Gasteiger partial charge < -0.3 is 25.0 Å². The molecule has 1 rings (SSSR count). The van der Waals surface area contributed by atoms with Gasteiger partial charge in [-0.25, -0.2) is 0 Å². The predicted octanol–water partition coefficient (Wildman–Crippen LogP) is 3.20. The van der Waals surface area contributed by atoms with Gasteiger partial charge in [0.1, 0.15) is 0 Å². The Bertz CT molecular complexity index is 518. The highest BCUT2D eigenvalue weighted by molar-refractivity contribution is 5.93. The summed E-state index contributed by atoms with van der Waals surface area (Å²) in [6.07, 6.45) is 6.26. The quantitative estimate of drug-likeness (QED) is 0.365. The Kier molecular flexibility index (Phi) is 10.5. The summed E-state index contributed by atoms with van der Waals surface area (Å²) in [4.78, 5) is 6.51. The molecule has 0 bridgehead atoms. The summed E-state index contributed by atoms with van der Waals surface area (Å²) in [7, 11) is 9.29. The van der Waals surface area contributed by atoms with Crippen LogP contribution in [0.15, 0.2) is 23.2 Å². The first-order chi connectivity index (χ1) is 12.1. The van der Waals surface area contributed by atoms with Gasteiger partial charge in [-0.1, -0.05) is 19.3 Å². The molecule has 0 heterocycles. The Morgan fingerprint density at radius 3 is 2.32 bits per heavy atom. The van der Waals surface area contributed by atoms with Crippen molar-refractivity contribution in [3.63, 3.8) is 0 Å². The first-order valence-electron chi connectivity index (χ1n) is 8.95. The minimum absolute atomic E-state index is 0.695. The third-order valence-electron chi connectivity index (χ3n) is 3.94. The number of nitrogens with zero attached hydrogens (tertiary/aromatic N) is 2. The van der Waals surface area contributed by atoms with Crippen molar-refractivity contribution >= 4 is 11.6 Å². The lowest BCUT2D eigenvalue weighted by Gasteiger charge is -2.14. The molecule has 1 aromatic carbocycles. The van der Waals surface area contributed by atoms with Crippen molar-refractivity contribution in [3.05, 3.63) is 18.2 Å². The van der Waals surface area contributed by atoms with Crippen LogP contribution in [0.2, 0.25) is 0 Å². The first-order valence-corrected chi connectivity index (χ1v) is 8.95. The number of hydrogen-bond acceptors (Lipinski definition) is 4. The van der Waals surface area contributed by atoms with Crippen LogP contribution in [0.4, 0.5) is 5.69 Å². The van der Waals surface area contributed by atoms with Crippen LogP contribution in [0.25, 0.3) is 0 Å². The van der Waals surface area contributed by atoms with Crippen molar-refractivity contribution in [2.45, 2.75) is 32.1 Å². The van der Waals surface area contributed by atoms with Crippen LogP contribution in [-0.2, 0) is 0 Å². The van der Waals surface area contributed by atoms with Gasteiger partial charge in [0.05, 0.1) is 14.2 Å². The summed E-state index contributed by atoms with van der Waals surface area (Å²) in [5, 5.41) is 6.63. The third-order valence-corrected chi connectivity index (χ3v) is 3.94. The van der Waals surface area contributed by atoms with Gasteiger partial charge in [-0.05, 0) is 45.6 Å². The molecule has 0 fully saturated rings. The van der Waals surface area contributed by atoms with Gasteiger partial charge in [0, 0.05) is 25.3 Å². The molecule has 0 aliphatic heterocycles. The number of rotatable bonds is 11. The van der Waals surface area contributed by atoms with E-state index in [0.29, 0.717) is 11.5 Å². The smallest absolute Gasteiger partial charge is 0.195 e. The van der Waals surface area contributed by atoms with Gasteiger partial charge in [0.2, 0.25) is 0 Å². The molecule has 2 N–H and O–H groups in total. The number of unbranched alkanes of at least 4 members (excludes halogenated alkanes) is 4. The molecule has 0 spiro atoms. The first kappa shape index (κ1) is 21.1. The van der Waals surface area contributed by atoms with Gasteiger partial charge in [-0.15, -0.1) is 0 Å². The maximum atomic E-state index is 5.32. The number of benzene rings is 1. The summed E-state index contributed by atoms with van der Waals surface area (Å²) in [6, 6.07) is 5.72. The molecule has 0 amide bonds. The van der Waals surface area contributed by atoms with Crippen LogP contribution in [0, 0.1) is 0 Å². The standard InChI is InChI=1S/C19H34N4O2/c1-20-19(21-13-9-7-6-8-10-14-23(2)3)22-16-11-12-17(24-4)18(15-16)25-5/h11-12,15H,6-10,13-14H2,1-5H3,(H2,20,21,22). The van der Waals surface area contributed by atoms with Crippen LogP contribution >= 0.6 is 0 Å². The second-order valence-electron chi connectivity index (χ2n) is 6.26. The van der Waals surface area contributed by atoms with E-state index in [0.717, 1.165) is 24.6 Å². The van der Waals surface area contributed by atoms with Crippen molar-refractivity contribution in [1.82, 2.24) is 10.2 Å². The van der Waals surface area contributed by atoms with Crippen molar-refractivity contribution < 1.29 is 9.47 Å². The molecular formula is C19H34N4O2. The van der Waals surface area contributed by atoms with Crippen molar-refractivity contribution in [2.75, 3.05) is 53.8 Å². The summed E-state index contributed by atoms with van der Waals surface area (Å²) < 4.78 is 10.6. The summed E-state index contributed by atoms with van der Waals surface area (Å²) in [5.74, 6) is 2.17. The van der Waals surface area contributed by atoms with E-state index in [1.165, 1.54) is 32.2 Å². The molecule has 0 unspecified atom stereocenters. The number of methoxy groups -OCH3 is 2. The fourth-order valence-corrected chi connectivity index (χ4v) is 2.52. The third kappa shape index (κ3) is 8.63. The van der Waals surface area contributed by atoms with E-state index in [2.05, 4.69) is 34.6 Å². The number of nitrogens with one attached hydrogen (secondary N) is 2. The van der Waals surface area contributed by atoms with Crippen LogP contribution in [0.3, 0.4) is 0 Å². The number of aliphatic imine (C=N–C) groups is 1. The van der Waals surface area contributed by atoms with Gasteiger partial charge >= 0.3 is 0 Å². The normalized spacial score (nSPS) is 11.5. The Morgan fingerprint density at radius 1 is 1.00 bits per heavy atom. The molecule has 0 saturated heterocycles. The van der Waals surface area contributed by atoms with Crippen LogP contribution in [-0.4, -0.2) is 59.3 Å². The zero-order valence-corrected chi connectivity index (χ0v) is 16.4. The maximum absolute atomic E-state index is 5.32. The zero-order valence-electron chi connectivity index (χ0n) is 16.4. The lowest BCUT2D eigenvalue weighted by Crippen LogP contribution is -2.31. The molecule has 0 aromatic heterocycles. The highest BCUT2D eigenvalue weighted by Gasteiger charge is 2.06. The highest BCUT2D eigenvalue weighted by atomic mass is 16.5. The lowest BCUT2D eigenvalue weighted by molar-refractivity contribution is 0.355. The van der Waals surface area contributed by atoms with Crippen molar-refractivity contribution in [1.29, 1.82) is 0 Å². The SMILES string of the molecule is CN=C(NCCCCCCCN(C)C)Nc1ccc(OC)c(OC)c1. The number of ether oxygens (including phenoxy) is 2. The maximum Gasteiger partial charge on any atom is 0.195 e. The Labute approximate surface area is 152 Å². The Morgan fingerprint density at radius 2 is 1.68 bits per heavy atom. The predicted molar refractivity (Wildman–Crippen MR) is 106 cm³/mol. The summed E-state index contributed by atoms with van der Waals surface area (Å²) in [5.41, 5.74) is 0.912. The molecule has 142 valence electrons. The van der Waals surface area contributed by atoms with E-state index < -0.39 is 0 Å². The average Bonchev–Trinajstić information content (AvgIpc) is 2.62. The minimum Gasteiger partial charge on any atom is -0.493 e. The molecule has 0 aliphatic rings. The minimum atomic E-state index is 0.695. The van der Waals surface area contributed by atoms with Crippen LogP contribution < -0.4 is 20.1 Å². The van der Waals surface area contributed by atoms with Gasteiger partial charge in [0.15, 0.2) is 17.5 Å². The van der Waals surface area contributed by atoms with Gasteiger partial charge in [-0.2, -0.15) is 0 Å². The van der Waals surface area contributed by atoms with E-state index in [-0.39, 0.29) is 0 Å². The molecular weight excluding hydrogens is 316 g/mol. The molecule has 1 aromatic rings. The second-order valence-corrected chi connectivity index (χ2v) is 6.26. The van der Waals surface area contributed by atoms with Crippen LogP contribution in [0.5, 0.6) is 11.5 Å². The molecule has 6 nitrogen and oxygen atoms in total.